The Morgan fingerprint density at radius 3 is 3.05 bits per heavy atom. The average molecular weight is 329 g/mol. The van der Waals surface area contributed by atoms with Crippen molar-refractivity contribution in [2.24, 2.45) is 5.73 Å². The molecule has 0 radical (unpaired) electrons. The Kier molecular flexibility index (Phi) is 6.21. The third kappa shape index (κ3) is 4.53. The molecule has 0 bridgehead atoms. The van der Waals surface area contributed by atoms with Crippen LogP contribution in [0.25, 0.3) is 0 Å². The monoisotopic (exact) mass is 328 g/mol. The lowest BCUT2D eigenvalue weighted by atomic mass is 10.2. The van der Waals surface area contributed by atoms with Gasteiger partial charge in [-0.2, -0.15) is 11.8 Å². The predicted molar refractivity (Wildman–Crippen MR) is 88.0 cm³/mol. The van der Waals surface area contributed by atoms with Gasteiger partial charge in [0.1, 0.15) is 11.9 Å². The number of hydrogen-bond donors (Lipinski definition) is 1. The summed E-state index contributed by atoms with van der Waals surface area (Å²) in [6.07, 6.45) is 3.53. The summed E-state index contributed by atoms with van der Waals surface area (Å²) in [7, 11) is 0. The van der Waals surface area contributed by atoms with Gasteiger partial charge >= 0.3 is 0 Å². The molecule has 0 aliphatic carbocycles. The van der Waals surface area contributed by atoms with E-state index >= 15 is 0 Å². The van der Waals surface area contributed by atoms with Crippen molar-refractivity contribution in [2.45, 2.75) is 25.0 Å². The Labute approximate surface area is 135 Å². The Bertz CT molecular complexity index is 486. The molecule has 116 valence electrons. The van der Waals surface area contributed by atoms with E-state index in [4.69, 9.17) is 22.1 Å². The zero-order valence-electron chi connectivity index (χ0n) is 12.1. The highest BCUT2D eigenvalue weighted by atomic mass is 35.5. The highest BCUT2D eigenvalue weighted by Crippen LogP contribution is 2.26. The molecule has 1 saturated heterocycles. The van der Waals surface area contributed by atoms with Gasteiger partial charge in [0, 0.05) is 13.0 Å². The Morgan fingerprint density at radius 2 is 2.33 bits per heavy atom. The minimum atomic E-state index is -0.406. The largest absolute Gasteiger partial charge is 0.487 e. The number of benzene rings is 1. The lowest BCUT2D eigenvalue weighted by Gasteiger charge is -2.21. The van der Waals surface area contributed by atoms with Crippen LogP contribution >= 0.6 is 23.4 Å². The standard InChI is InChI=1S/C15H21ClN2O2S/c1-21-9-7-13(17)15(19)18-8-6-11(10-18)20-14-5-3-2-4-12(14)16/h2-5,11,13H,6-10,17H2,1H3/t11-,13-/m0/s1. The van der Waals surface area contributed by atoms with E-state index < -0.39 is 6.04 Å². The number of carbonyl (C=O) groups is 1. The third-order valence-corrected chi connectivity index (χ3v) is 4.49. The van der Waals surface area contributed by atoms with E-state index in [9.17, 15) is 4.79 Å². The first kappa shape index (κ1) is 16.5. The van der Waals surface area contributed by atoms with Crippen LogP contribution in [0, 0.1) is 0 Å². The van der Waals surface area contributed by atoms with E-state index in [1.807, 2.05) is 24.5 Å². The Morgan fingerprint density at radius 1 is 1.57 bits per heavy atom. The molecule has 1 aromatic carbocycles. The second-order valence-corrected chi connectivity index (χ2v) is 6.52. The second-order valence-electron chi connectivity index (χ2n) is 5.13. The number of rotatable bonds is 6. The number of ether oxygens (including phenoxy) is 1. The Hall–Kier alpha value is -0.910. The van der Waals surface area contributed by atoms with Crippen molar-refractivity contribution in [3.8, 4) is 5.75 Å². The van der Waals surface area contributed by atoms with Crippen molar-refractivity contribution in [3.63, 3.8) is 0 Å². The molecule has 0 spiro atoms. The molecule has 0 unspecified atom stereocenters. The molecule has 4 nitrogen and oxygen atoms in total. The van der Waals surface area contributed by atoms with E-state index in [-0.39, 0.29) is 12.0 Å². The SMILES string of the molecule is CSCC[C@H](N)C(=O)N1CC[C@H](Oc2ccccc2Cl)C1. The zero-order valence-corrected chi connectivity index (χ0v) is 13.7. The van der Waals surface area contributed by atoms with Crippen LogP contribution < -0.4 is 10.5 Å². The number of nitrogens with two attached hydrogens (primary N) is 1. The number of amides is 1. The summed E-state index contributed by atoms with van der Waals surface area (Å²) in [6, 6.07) is 6.99. The maximum atomic E-state index is 12.2. The van der Waals surface area contributed by atoms with Gasteiger partial charge in [-0.1, -0.05) is 23.7 Å². The molecule has 2 N–H and O–H groups in total. The van der Waals surface area contributed by atoms with Crippen LogP contribution in [0.15, 0.2) is 24.3 Å². The third-order valence-electron chi connectivity index (χ3n) is 3.54. The molecule has 1 aliphatic heterocycles. The van der Waals surface area contributed by atoms with Crippen LogP contribution in [0.4, 0.5) is 0 Å². The van der Waals surface area contributed by atoms with E-state index in [2.05, 4.69) is 0 Å². The first-order valence-corrected chi connectivity index (χ1v) is 8.83. The number of thioether (sulfide) groups is 1. The number of carbonyl (C=O) groups excluding carboxylic acids is 1. The number of likely N-dealkylation sites (tertiary alicyclic amines) is 1. The molecular weight excluding hydrogens is 308 g/mol. The normalized spacial score (nSPS) is 19.6. The highest BCUT2D eigenvalue weighted by Gasteiger charge is 2.30. The molecule has 2 rings (SSSR count). The molecule has 2 atom stereocenters. The molecule has 6 heteroatoms. The maximum absolute atomic E-state index is 12.2. The lowest BCUT2D eigenvalue weighted by Crippen LogP contribution is -2.43. The van der Waals surface area contributed by atoms with E-state index in [1.165, 1.54) is 0 Å². The van der Waals surface area contributed by atoms with Gasteiger partial charge in [0.25, 0.3) is 0 Å². The summed E-state index contributed by atoms with van der Waals surface area (Å²) < 4.78 is 5.88. The molecule has 0 aromatic heterocycles. The van der Waals surface area contributed by atoms with Crippen molar-refractivity contribution >= 4 is 29.3 Å². The zero-order chi connectivity index (χ0) is 15.2. The van der Waals surface area contributed by atoms with Crippen molar-refractivity contribution in [2.75, 3.05) is 25.1 Å². The quantitative estimate of drug-likeness (QED) is 0.871. The average Bonchev–Trinajstić information content (AvgIpc) is 2.95. The minimum Gasteiger partial charge on any atom is -0.487 e. The van der Waals surface area contributed by atoms with Crippen LogP contribution in [-0.4, -0.2) is 48.1 Å². The molecule has 1 aromatic rings. The van der Waals surface area contributed by atoms with Crippen molar-refractivity contribution in [1.29, 1.82) is 0 Å². The van der Waals surface area contributed by atoms with E-state index in [0.29, 0.717) is 30.3 Å². The van der Waals surface area contributed by atoms with Crippen LogP contribution in [0.2, 0.25) is 5.02 Å². The smallest absolute Gasteiger partial charge is 0.239 e. The summed E-state index contributed by atoms with van der Waals surface area (Å²) in [4.78, 5) is 14.0. The first-order valence-electron chi connectivity index (χ1n) is 7.06. The van der Waals surface area contributed by atoms with Crippen LogP contribution in [0.1, 0.15) is 12.8 Å². The summed E-state index contributed by atoms with van der Waals surface area (Å²) in [5.74, 6) is 1.60. The van der Waals surface area contributed by atoms with Gasteiger partial charge in [-0.15, -0.1) is 0 Å². The Balaban J connectivity index is 1.86. The van der Waals surface area contributed by atoms with Gasteiger partial charge in [-0.3, -0.25) is 4.79 Å². The highest BCUT2D eigenvalue weighted by molar-refractivity contribution is 7.98. The van der Waals surface area contributed by atoms with Gasteiger partial charge in [0.15, 0.2) is 0 Å². The van der Waals surface area contributed by atoms with Gasteiger partial charge < -0.3 is 15.4 Å². The van der Waals surface area contributed by atoms with Crippen LogP contribution in [-0.2, 0) is 4.79 Å². The van der Waals surface area contributed by atoms with E-state index in [0.717, 1.165) is 12.2 Å². The molecule has 1 heterocycles. The summed E-state index contributed by atoms with van der Waals surface area (Å²) >= 11 is 7.79. The van der Waals surface area contributed by atoms with Gasteiger partial charge in [-0.25, -0.2) is 0 Å². The van der Waals surface area contributed by atoms with Gasteiger partial charge in [-0.05, 0) is 30.6 Å². The molecule has 21 heavy (non-hydrogen) atoms. The predicted octanol–water partition coefficient (Wildman–Crippen LogP) is 2.40. The van der Waals surface area contributed by atoms with Crippen LogP contribution in [0.3, 0.4) is 0 Å². The molecule has 0 saturated carbocycles. The summed E-state index contributed by atoms with van der Waals surface area (Å²) in [5, 5.41) is 0.596. The number of halogens is 1. The number of hydrogen-bond acceptors (Lipinski definition) is 4. The molecule has 1 aliphatic rings. The fraction of sp³-hybridized carbons (Fsp3) is 0.533. The van der Waals surface area contributed by atoms with Gasteiger partial charge in [0.05, 0.1) is 17.6 Å². The minimum absolute atomic E-state index is 0.0124. The van der Waals surface area contributed by atoms with Crippen molar-refractivity contribution in [3.05, 3.63) is 29.3 Å². The summed E-state index contributed by atoms with van der Waals surface area (Å²) in [6.45, 7) is 1.28. The lowest BCUT2D eigenvalue weighted by molar-refractivity contribution is -0.131. The number of para-hydroxylation sites is 1. The topological polar surface area (TPSA) is 55.6 Å². The fourth-order valence-corrected chi connectivity index (χ4v) is 3.02. The van der Waals surface area contributed by atoms with E-state index in [1.54, 1.807) is 22.7 Å². The number of nitrogens with zero attached hydrogens (tertiary/aromatic N) is 1. The summed E-state index contributed by atoms with van der Waals surface area (Å²) in [5.41, 5.74) is 5.94. The first-order chi connectivity index (χ1) is 10.1. The molecule has 1 fully saturated rings. The molecular formula is C15H21ClN2O2S. The second kappa shape index (κ2) is 7.92. The van der Waals surface area contributed by atoms with Crippen LogP contribution in [0.5, 0.6) is 5.75 Å². The fourth-order valence-electron chi connectivity index (χ4n) is 2.35. The maximum Gasteiger partial charge on any atom is 0.239 e. The van der Waals surface area contributed by atoms with Gasteiger partial charge in [0.2, 0.25) is 5.91 Å². The molecule has 1 amide bonds. The van der Waals surface area contributed by atoms with Crippen molar-refractivity contribution in [1.82, 2.24) is 4.90 Å². The van der Waals surface area contributed by atoms with Crippen molar-refractivity contribution < 1.29 is 9.53 Å².